The van der Waals surface area contributed by atoms with Crippen molar-refractivity contribution in [1.82, 2.24) is 15.4 Å². The quantitative estimate of drug-likeness (QED) is 0.155. The molecule has 0 spiro atoms. The lowest BCUT2D eigenvalue weighted by atomic mass is 10.1. The summed E-state index contributed by atoms with van der Waals surface area (Å²) < 4.78 is 32.1. The molecule has 1 aromatic carbocycles. The molecule has 1 atom stereocenters. The first-order chi connectivity index (χ1) is 13.4. The summed E-state index contributed by atoms with van der Waals surface area (Å²) in [5.41, 5.74) is 0.869. The third kappa shape index (κ3) is 11.8. The van der Waals surface area contributed by atoms with E-state index in [2.05, 4.69) is 34.2 Å². The first-order valence-electron chi connectivity index (χ1n) is 9.97. The Bertz CT molecular complexity index is 699. The Morgan fingerprint density at radius 3 is 2.66 bits per heavy atom. The maximum absolute atomic E-state index is 12.3. The Kier molecular flexibility index (Phi) is 15.4. The maximum Gasteiger partial charge on any atom is 0.240 e. The van der Waals surface area contributed by atoms with Crippen molar-refractivity contribution in [3.05, 3.63) is 29.8 Å². The van der Waals surface area contributed by atoms with Crippen molar-refractivity contribution in [3.8, 4) is 0 Å². The monoisotopic (exact) mass is 540 g/mol. The summed E-state index contributed by atoms with van der Waals surface area (Å²) in [5.74, 6) is 0.717. The third-order valence-electron chi connectivity index (χ3n) is 4.36. The minimum atomic E-state index is -3.54. The van der Waals surface area contributed by atoms with Crippen LogP contribution in [0.3, 0.4) is 0 Å². The van der Waals surface area contributed by atoms with Gasteiger partial charge >= 0.3 is 0 Å². The number of rotatable bonds is 13. The molecule has 29 heavy (non-hydrogen) atoms. The van der Waals surface area contributed by atoms with Gasteiger partial charge in [0.05, 0.1) is 11.5 Å². The Morgan fingerprint density at radius 2 is 2.00 bits per heavy atom. The van der Waals surface area contributed by atoms with E-state index in [0.29, 0.717) is 19.2 Å². The van der Waals surface area contributed by atoms with Crippen LogP contribution >= 0.6 is 24.0 Å². The molecule has 0 aliphatic carbocycles. The van der Waals surface area contributed by atoms with E-state index in [-0.39, 0.29) is 35.4 Å². The van der Waals surface area contributed by atoms with Crippen molar-refractivity contribution in [2.24, 2.45) is 4.99 Å². The Morgan fingerprint density at radius 1 is 1.24 bits per heavy atom. The highest BCUT2D eigenvalue weighted by Crippen LogP contribution is 2.11. The average Bonchev–Trinajstić information content (AvgIpc) is 2.69. The van der Waals surface area contributed by atoms with Crippen LogP contribution in [-0.4, -0.2) is 47.7 Å². The molecule has 168 valence electrons. The zero-order valence-electron chi connectivity index (χ0n) is 18.0. The SMILES string of the molecule is CCCCCCC(C)NC(=NC)NCc1cccc(S(=O)(=O)NCCOC)c1.I. The number of guanidine groups is 1. The van der Waals surface area contributed by atoms with Gasteiger partial charge in [-0.25, -0.2) is 13.1 Å². The largest absolute Gasteiger partial charge is 0.383 e. The second kappa shape index (κ2) is 15.9. The molecule has 0 heterocycles. The van der Waals surface area contributed by atoms with E-state index in [0.717, 1.165) is 17.9 Å². The molecule has 0 aliphatic heterocycles. The van der Waals surface area contributed by atoms with E-state index < -0.39 is 10.0 Å². The van der Waals surface area contributed by atoms with Gasteiger partial charge in [-0.2, -0.15) is 0 Å². The van der Waals surface area contributed by atoms with Crippen LogP contribution in [0, 0.1) is 0 Å². The molecule has 1 aromatic rings. The minimum Gasteiger partial charge on any atom is -0.383 e. The number of ether oxygens (including phenoxy) is 1. The molecule has 0 amide bonds. The fourth-order valence-electron chi connectivity index (χ4n) is 2.75. The Balaban J connectivity index is 0.00000784. The van der Waals surface area contributed by atoms with Crippen LogP contribution < -0.4 is 15.4 Å². The van der Waals surface area contributed by atoms with Gasteiger partial charge in [-0.3, -0.25) is 4.99 Å². The lowest BCUT2D eigenvalue weighted by molar-refractivity contribution is 0.204. The van der Waals surface area contributed by atoms with Gasteiger partial charge in [0.25, 0.3) is 0 Å². The molecule has 0 fully saturated rings. The fourth-order valence-corrected chi connectivity index (χ4v) is 3.83. The molecule has 0 saturated carbocycles. The fraction of sp³-hybridized carbons (Fsp3) is 0.650. The van der Waals surface area contributed by atoms with Crippen LogP contribution in [0.25, 0.3) is 0 Å². The summed E-state index contributed by atoms with van der Waals surface area (Å²) >= 11 is 0. The second-order valence-corrected chi connectivity index (χ2v) is 8.63. The number of aliphatic imine (C=N–C) groups is 1. The van der Waals surface area contributed by atoms with Crippen molar-refractivity contribution in [1.29, 1.82) is 0 Å². The van der Waals surface area contributed by atoms with E-state index in [1.54, 1.807) is 25.2 Å². The molecule has 7 nitrogen and oxygen atoms in total. The average molecular weight is 541 g/mol. The summed E-state index contributed by atoms with van der Waals surface area (Å²) in [5, 5.41) is 6.64. The first-order valence-corrected chi connectivity index (χ1v) is 11.5. The summed E-state index contributed by atoms with van der Waals surface area (Å²) in [6.07, 6.45) is 6.08. The van der Waals surface area contributed by atoms with Gasteiger partial charge in [0.1, 0.15) is 0 Å². The van der Waals surface area contributed by atoms with E-state index in [4.69, 9.17) is 4.74 Å². The molecule has 1 rings (SSSR count). The van der Waals surface area contributed by atoms with Crippen LogP contribution in [0.1, 0.15) is 51.5 Å². The maximum atomic E-state index is 12.3. The Hall–Kier alpha value is -0.910. The highest BCUT2D eigenvalue weighted by atomic mass is 127. The highest BCUT2D eigenvalue weighted by molar-refractivity contribution is 14.0. The summed E-state index contributed by atoms with van der Waals surface area (Å²) in [4.78, 5) is 4.50. The van der Waals surface area contributed by atoms with E-state index in [9.17, 15) is 8.42 Å². The predicted molar refractivity (Wildman–Crippen MR) is 130 cm³/mol. The zero-order chi connectivity index (χ0) is 20.8. The molecule has 0 aliphatic rings. The van der Waals surface area contributed by atoms with E-state index >= 15 is 0 Å². The van der Waals surface area contributed by atoms with Gasteiger partial charge in [0, 0.05) is 33.3 Å². The van der Waals surface area contributed by atoms with E-state index in [1.165, 1.54) is 32.8 Å². The minimum absolute atomic E-state index is 0. The molecule has 0 aromatic heterocycles. The number of hydrogen-bond donors (Lipinski definition) is 3. The van der Waals surface area contributed by atoms with Crippen LogP contribution in [0.4, 0.5) is 0 Å². The zero-order valence-corrected chi connectivity index (χ0v) is 21.2. The molecular formula is C20H37IN4O3S. The second-order valence-electron chi connectivity index (χ2n) is 6.86. The van der Waals surface area contributed by atoms with Gasteiger partial charge in [-0.1, -0.05) is 44.7 Å². The number of nitrogens with zero attached hydrogens (tertiary/aromatic N) is 1. The van der Waals surface area contributed by atoms with Gasteiger partial charge < -0.3 is 15.4 Å². The number of sulfonamides is 1. The van der Waals surface area contributed by atoms with Crippen molar-refractivity contribution in [2.45, 2.75) is 63.4 Å². The molecule has 0 radical (unpaired) electrons. The highest BCUT2D eigenvalue weighted by Gasteiger charge is 2.14. The first kappa shape index (κ1) is 28.1. The molecule has 0 bridgehead atoms. The molecule has 0 saturated heterocycles. The van der Waals surface area contributed by atoms with Gasteiger partial charge in [-0.05, 0) is 31.0 Å². The standard InChI is InChI=1S/C20H36N4O3S.HI/c1-5-6-7-8-10-17(2)24-20(21-3)22-16-18-11-9-12-19(15-18)28(25,26)23-13-14-27-4;/h9,11-12,15,17,23H,5-8,10,13-14,16H2,1-4H3,(H2,21,22,24);1H. The number of benzene rings is 1. The van der Waals surface area contributed by atoms with Crippen LogP contribution in [0.5, 0.6) is 0 Å². The van der Waals surface area contributed by atoms with E-state index in [1.807, 2.05) is 6.07 Å². The van der Waals surface area contributed by atoms with Crippen LogP contribution in [-0.2, 0) is 21.3 Å². The summed E-state index contributed by atoms with van der Waals surface area (Å²) in [6, 6.07) is 7.23. The van der Waals surface area contributed by atoms with Crippen LogP contribution in [0.15, 0.2) is 34.2 Å². The predicted octanol–water partition coefficient (Wildman–Crippen LogP) is 3.25. The van der Waals surface area contributed by atoms with Crippen molar-refractivity contribution >= 4 is 40.0 Å². The van der Waals surface area contributed by atoms with Gasteiger partial charge in [0.2, 0.25) is 10.0 Å². The number of unbranched alkanes of at least 4 members (excludes halogenated alkanes) is 3. The number of methoxy groups -OCH3 is 1. The lowest BCUT2D eigenvalue weighted by Crippen LogP contribution is -2.41. The molecule has 9 heteroatoms. The summed E-state index contributed by atoms with van der Waals surface area (Å²) in [6.45, 7) is 5.43. The molecule has 3 N–H and O–H groups in total. The van der Waals surface area contributed by atoms with Gasteiger partial charge in [-0.15, -0.1) is 24.0 Å². The number of halogens is 1. The van der Waals surface area contributed by atoms with Gasteiger partial charge in [0.15, 0.2) is 5.96 Å². The van der Waals surface area contributed by atoms with Crippen molar-refractivity contribution in [2.75, 3.05) is 27.3 Å². The van der Waals surface area contributed by atoms with Crippen molar-refractivity contribution in [3.63, 3.8) is 0 Å². The number of nitrogens with one attached hydrogen (secondary N) is 3. The third-order valence-corrected chi connectivity index (χ3v) is 5.82. The lowest BCUT2D eigenvalue weighted by Gasteiger charge is -2.18. The molecule has 1 unspecified atom stereocenters. The number of hydrogen-bond acceptors (Lipinski definition) is 4. The molecular weight excluding hydrogens is 503 g/mol. The Labute approximate surface area is 193 Å². The normalized spacial score (nSPS) is 12.9. The topological polar surface area (TPSA) is 91.8 Å². The summed E-state index contributed by atoms with van der Waals surface area (Å²) in [7, 11) is -0.266. The van der Waals surface area contributed by atoms with Crippen molar-refractivity contribution < 1.29 is 13.2 Å². The smallest absolute Gasteiger partial charge is 0.240 e. The van der Waals surface area contributed by atoms with Crippen LogP contribution in [0.2, 0.25) is 0 Å².